The summed E-state index contributed by atoms with van der Waals surface area (Å²) < 4.78 is 1.82. The Morgan fingerprint density at radius 3 is 2.67 bits per heavy atom. The molecule has 2 heterocycles. The molecule has 1 atom stereocenters. The molecule has 1 saturated heterocycles. The first-order valence-electron chi connectivity index (χ1n) is 6.13. The number of carbonyl (C=O) groups excluding carboxylic acids is 3. The van der Waals surface area contributed by atoms with E-state index in [0.29, 0.717) is 6.42 Å². The zero-order valence-corrected chi connectivity index (χ0v) is 10.2. The molecule has 0 bridgehead atoms. The van der Waals surface area contributed by atoms with Gasteiger partial charge in [-0.1, -0.05) is 0 Å². The molecule has 0 N–H and O–H groups in total. The molecule has 3 rings (SSSR count). The number of rotatable bonds is 1. The van der Waals surface area contributed by atoms with Crippen LogP contribution in [0.5, 0.6) is 0 Å². The maximum absolute atomic E-state index is 12.0. The minimum absolute atomic E-state index is 0.139. The van der Waals surface area contributed by atoms with Crippen molar-refractivity contribution in [1.82, 2.24) is 9.47 Å². The second-order valence-electron chi connectivity index (χ2n) is 4.87. The summed E-state index contributed by atoms with van der Waals surface area (Å²) in [4.78, 5) is 36.4. The Balaban J connectivity index is 2.02. The fourth-order valence-electron chi connectivity index (χ4n) is 2.79. The first-order chi connectivity index (χ1) is 8.59. The highest BCUT2D eigenvalue weighted by Gasteiger charge is 2.38. The van der Waals surface area contributed by atoms with E-state index in [4.69, 9.17) is 0 Å². The molecule has 5 nitrogen and oxygen atoms in total. The van der Waals surface area contributed by atoms with Crippen molar-refractivity contribution in [2.24, 2.45) is 0 Å². The van der Waals surface area contributed by atoms with Crippen LogP contribution in [0.1, 0.15) is 41.4 Å². The fourth-order valence-corrected chi connectivity index (χ4v) is 2.79. The van der Waals surface area contributed by atoms with Gasteiger partial charge >= 0.3 is 0 Å². The Kier molecular flexibility index (Phi) is 2.36. The van der Waals surface area contributed by atoms with Crippen molar-refractivity contribution in [3.63, 3.8) is 0 Å². The molecule has 2 amide bonds. The first kappa shape index (κ1) is 11.2. The molecular formula is C13H14N2O3. The molecular weight excluding hydrogens is 232 g/mol. The SMILES string of the molecule is CN1C(=O)CC(n2ccc3c2CCCC3=O)C1=O. The van der Waals surface area contributed by atoms with Gasteiger partial charge in [0.1, 0.15) is 6.04 Å². The Morgan fingerprint density at radius 2 is 2.00 bits per heavy atom. The normalized spacial score (nSPS) is 23.7. The van der Waals surface area contributed by atoms with E-state index in [0.717, 1.165) is 24.1 Å². The van der Waals surface area contributed by atoms with Crippen molar-refractivity contribution in [1.29, 1.82) is 0 Å². The lowest BCUT2D eigenvalue weighted by atomic mass is 9.96. The third kappa shape index (κ3) is 1.43. The van der Waals surface area contributed by atoms with Gasteiger partial charge in [-0.25, -0.2) is 0 Å². The summed E-state index contributed by atoms with van der Waals surface area (Å²) >= 11 is 0. The van der Waals surface area contributed by atoms with Gasteiger partial charge in [0.05, 0.1) is 6.42 Å². The summed E-state index contributed by atoms with van der Waals surface area (Å²) in [5.74, 6) is -0.203. The minimum Gasteiger partial charge on any atom is -0.338 e. The van der Waals surface area contributed by atoms with E-state index >= 15 is 0 Å². The predicted octanol–water partition coefficient (Wildman–Crippen LogP) is 0.937. The topological polar surface area (TPSA) is 59.4 Å². The molecule has 1 aromatic rings. The van der Waals surface area contributed by atoms with Crippen LogP contribution in [0.25, 0.3) is 0 Å². The van der Waals surface area contributed by atoms with E-state index in [9.17, 15) is 14.4 Å². The molecule has 2 aliphatic rings. The fraction of sp³-hybridized carbons (Fsp3) is 0.462. The van der Waals surface area contributed by atoms with Gasteiger partial charge in [-0.15, -0.1) is 0 Å². The van der Waals surface area contributed by atoms with Crippen LogP contribution in [0, 0.1) is 0 Å². The highest BCUT2D eigenvalue weighted by Crippen LogP contribution is 2.30. The van der Waals surface area contributed by atoms with Crippen LogP contribution in [-0.4, -0.2) is 34.1 Å². The van der Waals surface area contributed by atoms with E-state index in [1.807, 2.05) is 4.57 Å². The van der Waals surface area contributed by atoms with Crippen LogP contribution in [0.15, 0.2) is 12.3 Å². The number of likely N-dealkylation sites (N-methyl/N-ethyl adjacent to an activating group) is 1. The molecule has 1 aliphatic carbocycles. The second kappa shape index (κ2) is 3.80. The lowest BCUT2D eigenvalue weighted by molar-refractivity contribution is -0.137. The Labute approximate surface area is 104 Å². The maximum Gasteiger partial charge on any atom is 0.252 e. The quantitative estimate of drug-likeness (QED) is 0.693. The number of carbonyl (C=O) groups is 3. The third-order valence-corrected chi connectivity index (χ3v) is 3.84. The van der Waals surface area contributed by atoms with Crippen LogP contribution in [-0.2, 0) is 16.0 Å². The van der Waals surface area contributed by atoms with Crippen molar-refractivity contribution in [3.8, 4) is 0 Å². The molecule has 1 aliphatic heterocycles. The number of hydrogen-bond donors (Lipinski definition) is 0. The van der Waals surface area contributed by atoms with Crippen LogP contribution in [0.4, 0.5) is 0 Å². The number of amides is 2. The Bertz CT molecular complexity index is 559. The highest BCUT2D eigenvalue weighted by atomic mass is 16.2. The minimum atomic E-state index is -0.461. The van der Waals surface area contributed by atoms with E-state index in [2.05, 4.69) is 0 Å². The number of imide groups is 1. The monoisotopic (exact) mass is 246 g/mol. The number of aromatic nitrogens is 1. The summed E-state index contributed by atoms with van der Waals surface area (Å²) in [6, 6.07) is 1.31. The molecule has 5 heteroatoms. The zero-order valence-electron chi connectivity index (χ0n) is 10.2. The molecule has 0 radical (unpaired) electrons. The molecule has 0 aromatic carbocycles. The number of fused-ring (bicyclic) bond motifs is 1. The standard InChI is InChI=1S/C13H14N2O3/c1-14-12(17)7-10(13(14)18)15-6-5-8-9(15)3-2-4-11(8)16/h5-6,10H,2-4,7H2,1H3. The highest BCUT2D eigenvalue weighted by molar-refractivity contribution is 6.04. The molecule has 0 spiro atoms. The van der Waals surface area contributed by atoms with Gasteiger partial charge in [-0.2, -0.15) is 0 Å². The first-order valence-corrected chi connectivity index (χ1v) is 6.13. The van der Waals surface area contributed by atoms with Crippen molar-refractivity contribution < 1.29 is 14.4 Å². The van der Waals surface area contributed by atoms with E-state index in [1.54, 1.807) is 12.3 Å². The second-order valence-corrected chi connectivity index (χ2v) is 4.87. The van der Waals surface area contributed by atoms with Crippen molar-refractivity contribution in [3.05, 3.63) is 23.5 Å². The molecule has 1 aromatic heterocycles. The van der Waals surface area contributed by atoms with Crippen molar-refractivity contribution >= 4 is 17.6 Å². The Morgan fingerprint density at radius 1 is 1.22 bits per heavy atom. The number of nitrogens with zero attached hydrogens (tertiary/aromatic N) is 2. The van der Waals surface area contributed by atoms with Crippen LogP contribution in [0.3, 0.4) is 0 Å². The van der Waals surface area contributed by atoms with Gasteiger partial charge in [0.2, 0.25) is 5.91 Å². The summed E-state index contributed by atoms with van der Waals surface area (Å²) in [6.07, 6.45) is 4.16. The van der Waals surface area contributed by atoms with Gasteiger partial charge in [0.15, 0.2) is 5.78 Å². The summed E-state index contributed by atoms with van der Waals surface area (Å²) in [6.45, 7) is 0. The number of ketones is 1. The summed E-state index contributed by atoms with van der Waals surface area (Å²) in [5.41, 5.74) is 1.63. The van der Waals surface area contributed by atoms with E-state index in [-0.39, 0.29) is 24.0 Å². The summed E-state index contributed by atoms with van der Waals surface area (Å²) in [5, 5.41) is 0. The largest absolute Gasteiger partial charge is 0.338 e. The Hall–Kier alpha value is -1.91. The third-order valence-electron chi connectivity index (χ3n) is 3.84. The van der Waals surface area contributed by atoms with Gasteiger partial charge in [-0.05, 0) is 18.9 Å². The van der Waals surface area contributed by atoms with Gasteiger partial charge < -0.3 is 4.57 Å². The number of hydrogen-bond acceptors (Lipinski definition) is 3. The smallest absolute Gasteiger partial charge is 0.252 e. The predicted molar refractivity (Wildman–Crippen MR) is 63.1 cm³/mol. The molecule has 94 valence electrons. The maximum atomic E-state index is 12.0. The number of likely N-dealkylation sites (tertiary alicyclic amines) is 1. The average Bonchev–Trinajstić information content (AvgIpc) is 2.88. The van der Waals surface area contributed by atoms with Crippen LogP contribution < -0.4 is 0 Å². The van der Waals surface area contributed by atoms with Crippen LogP contribution >= 0.6 is 0 Å². The summed E-state index contributed by atoms with van der Waals surface area (Å²) in [7, 11) is 1.51. The van der Waals surface area contributed by atoms with E-state index in [1.165, 1.54) is 11.9 Å². The molecule has 0 saturated carbocycles. The van der Waals surface area contributed by atoms with Crippen molar-refractivity contribution in [2.75, 3.05) is 7.05 Å². The van der Waals surface area contributed by atoms with E-state index < -0.39 is 6.04 Å². The number of Topliss-reactive ketones (excluding diaryl/α,β-unsaturated/α-hetero) is 1. The van der Waals surface area contributed by atoms with Gasteiger partial charge in [0.25, 0.3) is 5.91 Å². The molecule has 18 heavy (non-hydrogen) atoms. The lowest BCUT2D eigenvalue weighted by Gasteiger charge is -2.18. The zero-order chi connectivity index (χ0) is 12.9. The molecule has 1 unspecified atom stereocenters. The lowest BCUT2D eigenvalue weighted by Crippen LogP contribution is -2.27. The molecule has 1 fully saturated rings. The average molecular weight is 246 g/mol. The van der Waals surface area contributed by atoms with Gasteiger partial charge in [0, 0.05) is 30.9 Å². The van der Waals surface area contributed by atoms with Crippen LogP contribution in [0.2, 0.25) is 0 Å². The van der Waals surface area contributed by atoms with Crippen molar-refractivity contribution in [2.45, 2.75) is 31.7 Å². The van der Waals surface area contributed by atoms with Gasteiger partial charge in [-0.3, -0.25) is 19.3 Å².